The zero-order valence-corrected chi connectivity index (χ0v) is 16.2. The van der Waals surface area contributed by atoms with Gasteiger partial charge in [0.1, 0.15) is 12.7 Å². The molecule has 0 aliphatic carbocycles. The molecule has 0 aromatic heterocycles. The Balaban J connectivity index is 1.49. The van der Waals surface area contributed by atoms with E-state index in [9.17, 15) is 18.3 Å². The maximum atomic E-state index is 12.5. The van der Waals surface area contributed by atoms with Gasteiger partial charge in [-0.25, -0.2) is 0 Å². The molecule has 3 heterocycles. The number of rotatable bonds is 9. The molecule has 0 amide bonds. The zero-order valence-electron chi connectivity index (χ0n) is 16.2. The van der Waals surface area contributed by atoms with Gasteiger partial charge in [0.15, 0.2) is 11.5 Å². The van der Waals surface area contributed by atoms with Crippen LogP contribution in [-0.2, 0) is 6.54 Å². The summed E-state index contributed by atoms with van der Waals surface area (Å²) in [7, 11) is 2.90. The highest BCUT2D eigenvalue weighted by molar-refractivity contribution is 5.43. The van der Waals surface area contributed by atoms with Crippen LogP contribution in [0.3, 0.4) is 0 Å². The monoisotopic (exact) mass is 403 g/mol. The van der Waals surface area contributed by atoms with E-state index in [4.69, 9.17) is 9.47 Å². The predicted octanol–water partition coefficient (Wildman–Crippen LogP) is 1.48. The third-order valence-corrected chi connectivity index (χ3v) is 5.03. The largest absolute Gasteiger partial charge is 0.493 e. The predicted molar refractivity (Wildman–Crippen MR) is 98.7 cm³/mol. The van der Waals surface area contributed by atoms with Crippen molar-refractivity contribution in [1.29, 1.82) is 0 Å². The number of nitrogens with zero attached hydrogens (tertiary/aromatic N) is 2. The minimum absolute atomic E-state index is 0.128. The molecular formula is C19H28F3N3O3. The molecule has 3 fully saturated rings. The maximum Gasteiger partial charge on any atom is 0.401 e. The Kier molecular flexibility index (Phi) is 6.69. The molecule has 3 atom stereocenters. The van der Waals surface area contributed by atoms with Gasteiger partial charge < -0.3 is 19.9 Å². The maximum absolute atomic E-state index is 12.5. The number of alkyl halides is 3. The fourth-order valence-electron chi connectivity index (χ4n) is 3.89. The molecule has 3 aliphatic heterocycles. The summed E-state index contributed by atoms with van der Waals surface area (Å²) in [6.07, 6.45) is -3.65. The molecule has 9 heteroatoms. The molecule has 4 rings (SSSR count). The first-order chi connectivity index (χ1) is 13.2. The topological polar surface area (TPSA) is 57.2 Å². The highest BCUT2D eigenvalue weighted by Gasteiger charge is 2.36. The van der Waals surface area contributed by atoms with E-state index in [1.165, 1.54) is 25.5 Å². The molecule has 6 nitrogen and oxygen atoms in total. The van der Waals surface area contributed by atoms with Crippen LogP contribution in [0.15, 0.2) is 18.2 Å². The second-order valence-electron chi connectivity index (χ2n) is 7.75. The van der Waals surface area contributed by atoms with E-state index in [1.54, 1.807) is 18.2 Å². The van der Waals surface area contributed by atoms with Crippen molar-refractivity contribution in [2.45, 2.75) is 37.3 Å². The van der Waals surface area contributed by atoms with E-state index in [0.717, 1.165) is 13.1 Å². The molecule has 28 heavy (non-hydrogen) atoms. The third-order valence-electron chi connectivity index (χ3n) is 5.03. The summed E-state index contributed by atoms with van der Waals surface area (Å²) in [5.74, 6) is 0.903. The van der Waals surface area contributed by atoms with Gasteiger partial charge in [-0.15, -0.1) is 0 Å². The summed E-state index contributed by atoms with van der Waals surface area (Å²) in [5.41, 5.74) is 0.691. The minimum atomic E-state index is -4.23. The van der Waals surface area contributed by atoms with Gasteiger partial charge in [-0.3, -0.25) is 9.80 Å². The molecule has 158 valence electrons. The van der Waals surface area contributed by atoms with Gasteiger partial charge in [-0.1, -0.05) is 6.07 Å². The Morgan fingerprint density at radius 3 is 2.57 bits per heavy atom. The van der Waals surface area contributed by atoms with Gasteiger partial charge in [0.05, 0.1) is 13.7 Å². The lowest BCUT2D eigenvalue weighted by molar-refractivity contribution is -0.144. The summed E-state index contributed by atoms with van der Waals surface area (Å²) in [6, 6.07) is 6.12. The van der Waals surface area contributed by atoms with Gasteiger partial charge in [-0.05, 0) is 31.2 Å². The molecule has 3 aliphatic rings. The number of piperidine rings is 1. The van der Waals surface area contributed by atoms with Crippen LogP contribution in [0.4, 0.5) is 13.2 Å². The molecule has 1 aromatic rings. The number of nitrogens with one attached hydrogen (secondary N) is 1. The van der Waals surface area contributed by atoms with Crippen molar-refractivity contribution in [1.82, 2.24) is 15.1 Å². The standard InChI is InChI=1S/C19H28F3N3O3/c1-24(12-19(20,21)22)7-13-3-4-17(18(5-13)27-2)28-11-16(26)10-25-8-14-6-15(9-25)23-14/h3-5,14-16,23,26H,6-12H2,1-2H3. The average Bonchev–Trinajstić information content (AvgIpc) is 2.58. The van der Waals surface area contributed by atoms with E-state index in [2.05, 4.69) is 10.2 Å². The summed E-state index contributed by atoms with van der Waals surface area (Å²) >= 11 is 0. The molecule has 2 N–H and O–H groups in total. The normalized spacial score (nSPS) is 23.4. The van der Waals surface area contributed by atoms with Crippen molar-refractivity contribution in [2.75, 3.05) is 46.9 Å². The number of aliphatic hydroxyl groups is 1. The first-order valence-corrected chi connectivity index (χ1v) is 9.43. The molecule has 0 spiro atoms. The molecule has 3 saturated heterocycles. The van der Waals surface area contributed by atoms with E-state index in [0.29, 0.717) is 35.7 Å². The van der Waals surface area contributed by atoms with Crippen LogP contribution in [-0.4, -0.2) is 86.2 Å². The molecule has 3 unspecified atom stereocenters. The lowest BCUT2D eigenvalue weighted by Crippen LogP contribution is -2.67. The van der Waals surface area contributed by atoms with Crippen LogP contribution in [0, 0.1) is 0 Å². The van der Waals surface area contributed by atoms with Crippen molar-refractivity contribution < 1.29 is 27.8 Å². The summed E-state index contributed by atoms with van der Waals surface area (Å²) in [6.45, 7) is 1.73. The average molecular weight is 403 g/mol. The smallest absolute Gasteiger partial charge is 0.401 e. The van der Waals surface area contributed by atoms with E-state index < -0.39 is 18.8 Å². The number of piperazine rings is 1. The summed E-state index contributed by atoms with van der Waals surface area (Å²) < 4.78 is 48.4. The van der Waals surface area contributed by atoms with Crippen molar-refractivity contribution in [3.8, 4) is 11.5 Å². The second kappa shape index (κ2) is 8.86. The zero-order chi connectivity index (χ0) is 20.3. The van der Waals surface area contributed by atoms with Gasteiger partial charge in [-0.2, -0.15) is 13.2 Å². The number of hydrogen-bond donors (Lipinski definition) is 2. The number of halogens is 3. The van der Waals surface area contributed by atoms with Crippen molar-refractivity contribution in [3.05, 3.63) is 23.8 Å². The highest BCUT2D eigenvalue weighted by atomic mass is 19.4. The van der Waals surface area contributed by atoms with Crippen molar-refractivity contribution in [2.24, 2.45) is 0 Å². The first kappa shape index (κ1) is 21.2. The molecule has 0 saturated carbocycles. The molecule has 1 aromatic carbocycles. The minimum Gasteiger partial charge on any atom is -0.493 e. The van der Waals surface area contributed by atoms with Gasteiger partial charge >= 0.3 is 6.18 Å². The quantitative estimate of drug-likeness (QED) is 0.652. The number of fused-ring (bicyclic) bond motifs is 2. The highest BCUT2D eigenvalue weighted by Crippen LogP contribution is 2.29. The van der Waals surface area contributed by atoms with Crippen LogP contribution in [0.1, 0.15) is 12.0 Å². The molecular weight excluding hydrogens is 375 g/mol. The van der Waals surface area contributed by atoms with E-state index in [1.807, 2.05) is 0 Å². The van der Waals surface area contributed by atoms with Gasteiger partial charge in [0.2, 0.25) is 0 Å². The number of methoxy groups -OCH3 is 1. The number of benzene rings is 1. The SMILES string of the molecule is COc1cc(CN(C)CC(F)(F)F)ccc1OCC(O)CN1CC2CC(C1)N2. The van der Waals surface area contributed by atoms with Crippen molar-refractivity contribution >= 4 is 0 Å². The second-order valence-corrected chi connectivity index (χ2v) is 7.75. The van der Waals surface area contributed by atoms with Gasteiger partial charge in [0.25, 0.3) is 0 Å². The van der Waals surface area contributed by atoms with Crippen molar-refractivity contribution in [3.63, 3.8) is 0 Å². The first-order valence-electron chi connectivity index (χ1n) is 9.43. The lowest BCUT2D eigenvalue weighted by atomic mass is 9.91. The number of hydrogen-bond acceptors (Lipinski definition) is 6. The summed E-state index contributed by atoms with van der Waals surface area (Å²) in [4.78, 5) is 3.43. The van der Waals surface area contributed by atoms with Crippen LogP contribution in [0.25, 0.3) is 0 Å². The summed E-state index contributed by atoms with van der Waals surface area (Å²) in [5, 5.41) is 13.7. The Morgan fingerprint density at radius 1 is 1.29 bits per heavy atom. The van der Waals surface area contributed by atoms with Crippen LogP contribution >= 0.6 is 0 Å². The third kappa shape index (κ3) is 5.97. The number of aliphatic hydroxyl groups excluding tert-OH is 1. The van der Waals surface area contributed by atoms with Gasteiger partial charge in [0, 0.05) is 38.3 Å². The lowest BCUT2D eigenvalue weighted by Gasteiger charge is -2.48. The van der Waals surface area contributed by atoms with Crippen LogP contribution < -0.4 is 14.8 Å². The Morgan fingerprint density at radius 2 is 1.96 bits per heavy atom. The van der Waals surface area contributed by atoms with Crippen LogP contribution in [0.5, 0.6) is 11.5 Å². The molecule has 0 radical (unpaired) electrons. The van der Waals surface area contributed by atoms with Crippen LogP contribution in [0.2, 0.25) is 0 Å². The molecule has 2 bridgehead atoms. The Hall–Kier alpha value is -1.55. The Labute approximate surface area is 163 Å². The fourth-order valence-corrected chi connectivity index (χ4v) is 3.89. The van der Waals surface area contributed by atoms with E-state index >= 15 is 0 Å². The Bertz CT molecular complexity index is 643. The van der Waals surface area contributed by atoms with E-state index in [-0.39, 0.29) is 13.2 Å². The fraction of sp³-hybridized carbons (Fsp3) is 0.684. The number of ether oxygens (including phenoxy) is 2.